The normalized spacial score (nSPS) is 22.6. The molecule has 100 valence electrons. The van der Waals surface area contributed by atoms with Crippen LogP contribution >= 0.6 is 15.9 Å². The van der Waals surface area contributed by atoms with E-state index in [0.29, 0.717) is 24.5 Å². The third-order valence-electron chi connectivity index (χ3n) is 3.85. The fourth-order valence-corrected chi connectivity index (χ4v) is 3.37. The second-order valence-corrected chi connectivity index (χ2v) is 6.30. The molecule has 3 nitrogen and oxygen atoms in total. The number of hydrogen-bond acceptors (Lipinski definition) is 3. The molecule has 1 saturated heterocycles. The van der Waals surface area contributed by atoms with Gasteiger partial charge in [0.25, 0.3) is 0 Å². The molecule has 2 heterocycles. The summed E-state index contributed by atoms with van der Waals surface area (Å²) in [4.78, 5) is 6.83. The van der Waals surface area contributed by atoms with Gasteiger partial charge in [-0.1, -0.05) is 13.8 Å². The number of aromatic nitrogens is 1. The maximum Gasteiger partial charge on any atom is 0.0489 e. The van der Waals surface area contributed by atoms with E-state index in [1.165, 1.54) is 18.4 Å². The average Bonchev–Trinajstić information content (AvgIpc) is 2.79. The molecule has 0 radical (unpaired) electrons. The van der Waals surface area contributed by atoms with Gasteiger partial charge in [0, 0.05) is 35.5 Å². The van der Waals surface area contributed by atoms with Crippen molar-refractivity contribution in [3.8, 4) is 0 Å². The number of rotatable bonds is 4. The van der Waals surface area contributed by atoms with E-state index in [4.69, 9.17) is 5.73 Å². The molecule has 0 aliphatic carbocycles. The van der Waals surface area contributed by atoms with Crippen LogP contribution in [0, 0.1) is 5.92 Å². The Bertz CT molecular complexity index is 394. The SMILES string of the molecule is CC(C)C1CCCN1C(CN)c1cncc(Br)c1. The Morgan fingerprint density at radius 3 is 2.89 bits per heavy atom. The first-order valence-corrected chi connectivity index (χ1v) is 7.49. The zero-order chi connectivity index (χ0) is 13.1. The molecule has 0 amide bonds. The number of hydrogen-bond donors (Lipinski definition) is 1. The second kappa shape index (κ2) is 6.13. The molecule has 2 rings (SSSR count). The molecule has 1 aromatic rings. The minimum Gasteiger partial charge on any atom is -0.329 e. The van der Waals surface area contributed by atoms with Gasteiger partial charge in [0.15, 0.2) is 0 Å². The van der Waals surface area contributed by atoms with Gasteiger partial charge in [0.2, 0.25) is 0 Å². The molecule has 0 saturated carbocycles. The van der Waals surface area contributed by atoms with Crippen LogP contribution < -0.4 is 5.73 Å². The number of halogens is 1. The van der Waals surface area contributed by atoms with Crippen LogP contribution in [0.2, 0.25) is 0 Å². The summed E-state index contributed by atoms with van der Waals surface area (Å²) in [7, 11) is 0. The maximum absolute atomic E-state index is 6.01. The van der Waals surface area contributed by atoms with Crippen LogP contribution in [0.25, 0.3) is 0 Å². The van der Waals surface area contributed by atoms with Crippen molar-refractivity contribution in [1.82, 2.24) is 9.88 Å². The van der Waals surface area contributed by atoms with Gasteiger partial charge in [-0.3, -0.25) is 9.88 Å². The quantitative estimate of drug-likeness (QED) is 0.929. The second-order valence-electron chi connectivity index (χ2n) is 5.38. The van der Waals surface area contributed by atoms with Crippen molar-refractivity contribution < 1.29 is 0 Å². The molecule has 2 atom stereocenters. The number of nitrogens with two attached hydrogens (primary N) is 1. The Morgan fingerprint density at radius 1 is 1.50 bits per heavy atom. The van der Waals surface area contributed by atoms with Crippen LogP contribution in [-0.2, 0) is 0 Å². The van der Waals surface area contributed by atoms with E-state index < -0.39 is 0 Å². The fourth-order valence-electron chi connectivity index (χ4n) is 2.99. The zero-order valence-corrected chi connectivity index (χ0v) is 12.7. The first kappa shape index (κ1) is 14.0. The standard InChI is InChI=1S/C14H22BrN3/c1-10(2)13-4-3-5-18(13)14(7-16)11-6-12(15)9-17-8-11/h6,8-10,13-14H,3-5,7,16H2,1-2H3. The molecular weight excluding hydrogens is 290 g/mol. The van der Waals surface area contributed by atoms with Crippen LogP contribution in [0.3, 0.4) is 0 Å². The smallest absolute Gasteiger partial charge is 0.0489 e. The Hall–Kier alpha value is -0.450. The molecule has 18 heavy (non-hydrogen) atoms. The van der Waals surface area contributed by atoms with E-state index in [1.54, 1.807) is 0 Å². The summed E-state index contributed by atoms with van der Waals surface area (Å²) in [5.41, 5.74) is 7.23. The monoisotopic (exact) mass is 311 g/mol. The molecule has 2 unspecified atom stereocenters. The van der Waals surface area contributed by atoms with Gasteiger partial charge in [0.1, 0.15) is 0 Å². The molecule has 1 aliphatic heterocycles. The Morgan fingerprint density at radius 2 is 2.28 bits per heavy atom. The predicted octanol–water partition coefficient (Wildman–Crippen LogP) is 2.96. The van der Waals surface area contributed by atoms with Crippen molar-refractivity contribution in [2.75, 3.05) is 13.1 Å². The van der Waals surface area contributed by atoms with Crippen LogP contribution in [0.1, 0.15) is 38.3 Å². The maximum atomic E-state index is 6.01. The highest BCUT2D eigenvalue weighted by atomic mass is 79.9. The Kier molecular flexibility index (Phi) is 4.76. The number of likely N-dealkylation sites (tertiary alicyclic amines) is 1. The van der Waals surface area contributed by atoms with Crippen LogP contribution in [0.4, 0.5) is 0 Å². The lowest BCUT2D eigenvalue weighted by atomic mass is 9.99. The summed E-state index contributed by atoms with van der Waals surface area (Å²) in [5.74, 6) is 0.682. The lowest BCUT2D eigenvalue weighted by molar-refractivity contribution is 0.149. The minimum atomic E-state index is 0.296. The molecule has 4 heteroatoms. The van der Waals surface area contributed by atoms with Gasteiger partial charge in [-0.05, 0) is 52.9 Å². The van der Waals surface area contributed by atoms with Gasteiger partial charge >= 0.3 is 0 Å². The molecule has 0 bridgehead atoms. The Balaban J connectivity index is 2.23. The van der Waals surface area contributed by atoms with E-state index in [0.717, 1.165) is 11.0 Å². The van der Waals surface area contributed by atoms with Gasteiger partial charge in [-0.2, -0.15) is 0 Å². The van der Waals surface area contributed by atoms with Gasteiger partial charge in [0.05, 0.1) is 0 Å². The molecule has 1 aliphatic rings. The van der Waals surface area contributed by atoms with Crippen molar-refractivity contribution in [2.45, 2.75) is 38.8 Å². The fraction of sp³-hybridized carbons (Fsp3) is 0.643. The number of pyridine rings is 1. The van der Waals surface area contributed by atoms with E-state index in [1.807, 2.05) is 12.4 Å². The van der Waals surface area contributed by atoms with Crippen LogP contribution in [0.15, 0.2) is 22.9 Å². The van der Waals surface area contributed by atoms with Crippen LogP contribution in [0.5, 0.6) is 0 Å². The van der Waals surface area contributed by atoms with Crippen molar-refractivity contribution in [3.05, 3.63) is 28.5 Å². The third-order valence-corrected chi connectivity index (χ3v) is 4.28. The highest BCUT2D eigenvalue weighted by Gasteiger charge is 2.32. The topological polar surface area (TPSA) is 42.1 Å². The van der Waals surface area contributed by atoms with Gasteiger partial charge in [-0.25, -0.2) is 0 Å². The van der Waals surface area contributed by atoms with Gasteiger partial charge < -0.3 is 5.73 Å². The Labute approximate surface area is 118 Å². The molecule has 0 aromatic carbocycles. The summed E-state index contributed by atoms with van der Waals surface area (Å²) in [6, 6.07) is 3.09. The molecule has 1 aromatic heterocycles. The molecule has 0 spiro atoms. The predicted molar refractivity (Wildman–Crippen MR) is 78.3 cm³/mol. The zero-order valence-electron chi connectivity index (χ0n) is 11.1. The first-order valence-electron chi connectivity index (χ1n) is 6.69. The summed E-state index contributed by atoms with van der Waals surface area (Å²) < 4.78 is 1.03. The van der Waals surface area contributed by atoms with Crippen molar-refractivity contribution in [3.63, 3.8) is 0 Å². The highest BCUT2D eigenvalue weighted by Crippen LogP contribution is 2.32. The highest BCUT2D eigenvalue weighted by molar-refractivity contribution is 9.10. The third kappa shape index (κ3) is 2.92. The average molecular weight is 312 g/mol. The largest absolute Gasteiger partial charge is 0.329 e. The lowest BCUT2D eigenvalue weighted by Crippen LogP contribution is -2.40. The molecular formula is C14H22BrN3. The van der Waals surface area contributed by atoms with E-state index in [9.17, 15) is 0 Å². The van der Waals surface area contributed by atoms with E-state index in [2.05, 4.69) is 45.7 Å². The summed E-state index contributed by atoms with van der Waals surface area (Å²) in [6.07, 6.45) is 6.33. The summed E-state index contributed by atoms with van der Waals surface area (Å²) in [5, 5.41) is 0. The van der Waals surface area contributed by atoms with E-state index >= 15 is 0 Å². The van der Waals surface area contributed by atoms with Crippen molar-refractivity contribution in [1.29, 1.82) is 0 Å². The minimum absolute atomic E-state index is 0.296. The van der Waals surface area contributed by atoms with Crippen molar-refractivity contribution >= 4 is 15.9 Å². The molecule has 2 N–H and O–H groups in total. The number of nitrogens with zero attached hydrogens (tertiary/aromatic N) is 2. The van der Waals surface area contributed by atoms with Crippen molar-refractivity contribution in [2.24, 2.45) is 11.7 Å². The first-order chi connectivity index (χ1) is 8.63. The van der Waals surface area contributed by atoms with Gasteiger partial charge in [-0.15, -0.1) is 0 Å². The van der Waals surface area contributed by atoms with E-state index in [-0.39, 0.29) is 0 Å². The molecule has 1 fully saturated rings. The van der Waals surface area contributed by atoms with Crippen LogP contribution in [-0.4, -0.2) is 29.0 Å². The summed E-state index contributed by atoms with van der Waals surface area (Å²) in [6.45, 7) is 6.41. The lowest BCUT2D eigenvalue weighted by Gasteiger charge is -2.34. The summed E-state index contributed by atoms with van der Waals surface area (Å²) >= 11 is 3.49.